The maximum atomic E-state index is 13.6. The Morgan fingerprint density at radius 2 is 1.73 bits per heavy atom. The number of carbonyl (C=O) groups is 1. The van der Waals surface area contributed by atoms with Crippen molar-refractivity contribution in [2.45, 2.75) is 52.1 Å². The third-order valence-electron chi connectivity index (χ3n) is 6.85. The summed E-state index contributed by atoms with van der Waals surface area (Å²) in [5, 5.41) is 4.50. The van der Waals surface area contributed by atoms with Gasteiger partial charge in [0.1, 0.15) is 11.6 Å². The molecule has 1 heterocycles. The van der Waals surface area contributed by atoms with E-state index in [1.165, 1.54) is 17.7 Å². The number of nitrogens with zero attached hydrogens (tertiary/aromatic N) is 1. The highest BCUT2D eigenvalue weighted by Gasteiger charge is 2.24. The summed E-state index contributed by atoms with van der Waals surface area (Å²) in [6, 6.07) is 23.0. The first-order chi connectivity index (χ1) is 19.6. The van der Waals surface area contributed by atoms with Crippen LogP contribution in [0.15, 0.2) is 77.8 Å². The first-order valence-corrected chi connectivity index (χ1v) is 15.0. The van der Waals surface area contributed by atoms with Crippen LogP contribution < -0.4 is 14.8 Å². The molecule has 0 spiro atoms. The van der Waals surface area contributed by atoms with Crippen LogP contribution in [-0.2, 0) is 19.4 Å². The third kappa shape index (κ3) is 6.93. The molecule has 0 saturated heterocycles. The molecule has 1 aromatic heterocycles. The van der Waals surface area contributed by atoms with Gasteiger partial charge in [-0.3, -0.25) is 4.79 Å². The maximum absolute atomic E-state index is 13.6. The standard InChI is InChI=1S/C33H33ClN2O3S/c1-2-38-29-20-23(18-19-28(29)39-22-24-12-10-11-16-27(24)34)21-35-33-31(32(37)36-25-13-6-5-7-14-25)26-15-8-3-4-9-17-30(26)40-33/h5-7,10-14,16,18-21H,2-4,8-9,15,17,22H2,1H3,(H,36,37). The smallest absolute Gasteiger partial charge is 0.259 e. The Hall–Kier alpha value is -3.61. The monoisotopic (exact) mass is 572 g/mol. The fraction of sp³-hybridized carbons (Fsp3) is 0.273. The van der Waals surface area contributed by atoms with Crippen LogP contribution in [0.4, 0.5) is 10.7 Å². The van der Waals surface area contributed by atoms with E-state index in [1.807, 2.05) is 79.7 Å². The molecule has 0 aliphatic heterocycles. The van der Waals surface area contributed by atoms with Gasteiger partial charge in [0.15, 0.2) is 11.5 Å². The van der Waals surface area contributed by atoms with Gasteiger partial charge in [-0.05, 0) is 80.1 Å². The Labute approximate surface area is 244 Å². The summed E-state index contributed by atoms with van der Waals surface area (Å²) >= 11 is 7.94. The molecule has 5 nitrogen and oxygen atoms in total. The fourth-order valence-corrected chi connectivity index (χ4v) is 6.26. The highest BCUT2D eigenvalue weighted by Crippen LogP contribution is 2.39. The number of fused-ring (bicyclic) bond motifs is 1. The van der Waals surface area contributed by atoms with Gasteiger partial charge in [-0.15, -0.1) is 11.3 Å². The largest absolute Gasteiger partial charge is 0.490 e. The Morgan fingerprint density at radius 1 is 0.950 bits per heavy atom. The minimum absolute atomic E-state index is 0.102. The van der Waals surface area contributed by atoms with Crippen LogP contribution >= 0.6 is 22.9 Å². The number of anilines is 1. The van der Waals surface area contributed by atoms with Gasteiger partial charge >= 0.3 is 0 Å². The summed E-state index contributed by atoms with van der Waals surface area (Å²) in [4.78, 5) is 19.7. The van der Waals surface area contributed by atoms with Gasteiger partial charge in [0.25, 0.3) is 5.91 Å². The number of thiophene rings is 1. The molecular formula is C33H33ClN2O3S. The van der Waals surface area contributed by atoms with Crippen molar-refractivity contribution in [1.29, 1.82) is 0 Å². The number of halogens is 1. The zero-order chi connectivity index (χ0) is 27.7. The summed E-state index contributed by atoms with van der Waals surface area (Å²) < 4.78 is 11.9. The fourth-order valence-electron chi connectivity index (χ4n) is 4.84. The van der Waals surface area contributed by atoms with E-state index in [9.17, 15) is 4.79 Å². The van der Waals surface area contributed by atoms with E-state index in [0.717, 1.165) is 53.1 Å². The second-order valence-corrected chi connectivity index (χ2v) is 11.2. The summed E-state index contributed by atoms with van der Waals surface area (Å²) in [5.74, 6) is 1.18. The molecule has 4 aromatic rings. The number of benzene rings is 3. The highest BCUT2D eigenvalue weighted by molar-refractivity contribution is 7.16. The van der Waals surface area contributed by atoms with Crippen LogP contribution in [0.1, 0.15) is 64.5 Å². The number of rotatable bonds is 9. The predicted molar refractivity (Wildman–Crippen MR) is 165 cm³/mol. The van der Waals surface area contributed by atoms with E-state index in [1.54, 1.807) is 17.6 Å². The number of hydrogen-bond donors (Lipinski definition) is 1. The van der Waals surface area contributed by atoms with E-state index in [4.69, 9.17) is 26.1 Å². The topological polar surface area (TPSA) is 59.9 Å². The molecule has 1 aliphatic rings. The van der Waals surface area contributed by atoms with Crippen molar-refractivity contribution in [2.75, 3.05) is 11.9 Å². The van der Waals surface area contributed by atoms with Crippen molar-refractivity contribution in [1.82, 2.24) is 0 Å². The van der Waals surface area contributed by atoms with Gasteiger partial charge in [-0.25, -0.2) is 4.99 Å². The van der Waals surface area contributed by atoms with E-state index < -0.39 is 0 Å². The minimum Gasteiger partial charge on any atom is -0.490 e. The SMILES string of the molecule is CCOc1cc(C=Nc2sc3c(c2C(=O)Nc2ccccc2)CCCCCC3)ccc1OCc1ccccc1Cl. The van der Waals surface area contributed by atoms with E-state index in [0.29, 0.717) is 35.3 Å². The summed E-state index contributed by atoms with van der Waals surface area (Å²) in [6.45, 7) is 2.79. The van der Waals surface area contributed by atoms with Crippen LogP contribution in [0.25, 0.3) is 0 Å². The van der Waals surface area contributed by atoms with Gasteiger partial charge in [-0.2, -0.15) is 0 Å². The Bertz CT molecular complexity index is 1480. The van der Waals surface area contributed by atoms with E-state index >= 15 is 0 Å². The molecule has 1 amide bonds. The average Bonchev–Trinajstić information content (AvgIpc) is 3.29. The zero-order valence-corrected chi connectivity index (χ0v) is 24.2. The lowest BCUT2D eigenvalue weighted by atomic mass is 9.96. The molecule has 7 heteroatoms. The van der Waals surface area contributed by atoms with Crippen LogP contribution in [-0.4, -0.2) is 18.7 Å². The second kappa shape index (κ2) is 13.6. The number of amides is 1. The first-order valence-electron chi connectivity index (χ1n) is 13.8. The first kappa shape index (κ1) is 27.9. The molecule has 40 heavy (non-hydrogen) atoms. The summed E-state index contributed by atoms with van der Waals surface area (Å²) in [6.07, 6.45) is 8.36. The number of hydrogen-bond acceptors (Lipinski definition) is 5. The predicted octanol–water partition coefficient (Wildman–Crippen LogP) is 9.04. The van der Waals surface area contributed by atoms with Crippen LogP contribution in [0, 0.1) is 0 Å². The van der Waals surface area contributed by atoms with Crippen molar-refractivity contribution in [3.8, 4) is 11.5 Å². The molecule has 1 N–H and O–H groups in total. The summed E-state index contributed by atoms with van der Waals surface area (Å²) in [7, 11) is 0. The number of carbonyl (C=O) groups excluding carboxylic acids is 1. The number of ether oxygens (including phenoxy) is 2. The molecule has 0 saturated carbocycles. The van der Waals surface area contributed by atoms with Gasteiger partial charge in [0.05, 0.1) is 12.2 Å². The minimum atomic E-state index is -0.102. The quantitative estimate of drug-likeness (QED) is 0.203. The molecule has 5 rings (SSSR count). The van der Waals surface area contributed by atoms with Crippen molar-refractivity contribution < 1.29 is 14.3 Å². The Balaban J connectivity index is 1.42. The van der Waals surface area contributed by atoms with Crippen molar-refractivity contribution >= 4 is 45.7 Å². The molecule has 1 aliphatic carbocycles. The zero-order valence-electron chi connectivity index (χ0n) is 22.6. The average molecular weight is 573 g/mol. The Kier molecular flexibility index (Phi) is 9.53. The van der Waals surface area contributed by atoms with Crippen molar-refractivity contribution in [2.24, 2.45) is 4.99 Å². The van der Waals surface area contributed by atoms with Crippen LogP contribution in [0.2, 0.25) is 5.02 Å². The second-order valence-electron chi connectivity index (χ2n) is 9.70. The lowest BCUT2D eigenvalue weighted by Crippen LogP contribution is -2.14. The molecular weight excluding hydrogens is 540 g/mol. The summed E-state index contributed by atoms with van der Waals surface area (Å²) in [5.41, 5.74) is 4.41. The normalized spacial score (nSPS) is 13.3. The number of nitrogens with one attached hydrogen (secondary N) is 1. The lowest BCUT2D eigenvalue weighted by molar-refractivity contribution is 0.102. The molecule has 0 radical (unpaired) electrons. The third-order valence-corrected chi connectivity index (χ3v) is 8.42. The lowest BCUT2D eigenvalue weighted by Gasteiger charge is -2.13. The molecule has 3 aromatic carbocycles. The van der Waals surface area contributed by atoms with Crippen LogP contribution in [0.3, 0.4) is 0 Å². The molecule has 206 valence electrons. The molecule has 0 bridgehead atoms. The molecule has 0 unspecified atom stereocenters. The van der Waals surface area contributed by atoms with E-state index in [-0.39, 0.29) is 5.91 Å². The van der Waals surface area contributed by atoms with Crippen LogP contribution in [0.5, 0.6) is 11.5 Å². The van der Waals surface area contributed by atoms with Crippen molar-refractivity contribution in [3.05, 3.63) is 105 Å². The number of aryl methyl sites for hydroxylation is 1. The highest BCUT2D eigenvalue weighted by atomic mass is 35.5. The van der Waals surface area contributed by atoms with Gasteiger partial charge in [0.2, 0.25) is 0 Å². The van der Waals surface area contributed by atoms with Gasteiger partial charge < -0.3 is 14.8 Å². The van der Waals surface area contributed by atoms with Gasteiger partial charge in [-0.1, -0.05) is 60.8 Å². The molecule has 0 fully saturated rings. The maximum Gasteiger partial charge on any atom is 0.259 e. The number of para-hydroxylation sites is 1. The van der Waals surface area contributed by atoms with Gasteiger partial charge in [0, 0.05) is 27.4 Å². The molecule has 0 atom stereocenters. The Morgan fingerprint density at radius 3 is 2.52 bits per heavy atom. The van der Waals surface area contributed by atoms with Crippen molar-refractivity contribution in [3.63, 3.8) is 0 Å². The van der Waals surface area contributed by atoms with E-state index in [2.05, 4.69) is 5.32 Å². The number of aliphatic imine (C=N–C) groups is 1.